The zero-order chi connectivity index (χ0) is 13.2. The molecule has 1 nitrogen and oxygen atoms in total. The summed E-state index contributed by atoms with van der Waals surface area (Å²) < 4.78 is 13.6. The molecule has 0 saturated heterocycles. The van der Waals surface area contributed by atoms with Crippen LogP contribution in [-0.2, 0) is 12.8 Å². The fraction of sp³-hybridized carbons (Fsp3) is 0.125. The van der Waals surface area contributed by atoms with Crippen LogP contribution in [0.15, 0.2) is 48.7 Å². The molecule has 0 aliphatic carbocycles. The van der Waals surface area contributed by atoms with E-state index in [9.17, 15) is 4.39 Å². The Balaban J connectivity index is 1.86. The van der Waals surface area contributed by atoms with Crippen molar-refractivity contribution in [3.63, 3.8) is 0 Å². The number of rotatable bonds is 3. The lowest BCUT2D eigenvalue weighted by atomic mass is 10.0. The summed E-state index contributed by atoms with van der Waals surface area (Å²) >= 11 is 6.02. The van der Waals surface area contributed by atoms with Crippen LogP contribution >= 0.6 is 11.6 Å². The SMILES string of the molecule is Fc1ccccc1CCc1c[nH]c2ccc(Cl)cc12. The van der Waals surface area contributed by atoms with Crippen LogP contribution in [0.4, 0.5) is 4.39 Å². The Labute approximate surface area is 116 Å². The number of hydrogen-bond acceptors (Lipinski definition) is 0. The van der Waals surface area contributed by atoms with Crippen molar-refractivity contribution in [2.45, 2.75) is 12.8 Å². The van der Waals surface area contributed by atoms with Gasteiger partial charge in [0, 0.05) is 22.1 Å². The van der Waals surface area contributed by atoms with Gasteiger partial charge in [-0.1, -0.05) is 29.8 Å². The van der Waals surface area contributed by atoms with Gasteiger partial charge in [0.15, 0.2) is 0 Å². The Morgan fingerprint density at radius 2 is 1.79 bits per heavy atom. The van der Waals surface area contributed by atoms with Crippen molar-refractivity contribution in [2.24, 2.45) is 0 Å². The quantitative estimate of drug-likeness (QED) is 0.709. The molecule has 0 bridgehead atoms. The minimum atomic E-state index is -0.139. The predicted molar refractivity (Wildman–Crippen MR) is 77.1 cm³/mol. The number of benzene rings is 2. The van der Waals surface area contributed by atoms with Gasteiger partial charge in [-0.15, -0.1) is 0 Å². The van der Waals surface area contributed by atoms with E-state index in [1.807, 2.05) is 36.5 Å². The zero-order valence-electron chi connectivity index (χ0n) is 10.3. The smallest absolute Gasteiger partial charge is 0.126 e. The number of aryl methyl sites for hydroxylation is 2. The first-order valence-electron chi connectivity index (χ1n) is 6.23. The third-order valence-electron chi connectivity index (χ3n) is 3.35. The molecule has 0 amide bonds. The summed E-state index contributed by atoms with van der Waals surface area (Å²) in [4.78, 5) is 3.21. The van der Waals surface area contributed by atoms with E-state index in [2.05, 4.69) is 4.98 Å². The van der Waals surface area contributed by atoms with E-state index in [0.717, 1.165) is 27.9 Å². The summed E-state index contributed by atoms with van der Waals surface area (Å²) in [6, 6.07) is 12.7. The van der Waals surface area contributed by atoms with E-state index in [0.29, 0.717) is 6.42 Å². The molecule has 0 unspecified atom stereocenters. The van der Waals surface area contributed by atoms with Crippen LogP contribution in [0.5, 0.6) is 0 Å². The molecule has 0 atom stereocenters. The van der Waals surface area contributed by atoms with Crippen molar-refractivity contribution in [2.75, 3.05) is 0 Å². The monoisotopic (exact) mass is 273 g/mol. The van der Waals surface area contributed by atoms with Gasteiger partial charge in [-0.25, -0.2) is 4.39 Å². The van der Waals surface area contributed by atoms with Gasteiger partial charge < -0.3 is 4.98 Å². The molecule has 1 aromatic heterocycles. The normalized spacial score (nSPS) is 11.1. The first-order valence-corrected chi connectivity index (χ1v) is 6.61. The second-order valence-electron chi connectivity index (χ2n) is 4.60. The van der Waals surface area contributed by atoms with Crippen molar-refractivity contribution >= 4 is 22.5 Å². The molecule has 3 heteroatoms. The summed E-state index contributed by atoms with van der Waals surface area (Å²) in [5.74, 6) is -0.139. The van der Waals surface area contributed by atoms with Crippen molar-refractivity contribution in [1.82, 2.24) is 4.98 Å². The topological polar surface area (TPSA) is 15.8 Å². The summed E-state index contributed by atoms with van der Waals surface area (Å²) in [6.07, 6.45) is 3.45. The second kappa shape index (κ2) is 5.06. The van der Waals surface area contributed by atoms with E-state index in [1.165, 1.54) is 11.6 Å². The van der Waals surface area contributed by atoms with Crippen LogP contribution < -0.4 is 0 Å². The summed E-state index contributed by atoms with van der Waals surface area (Å²) in [5.41, 5.74) is 2.98. The van der Waals surface area contributed by atoms with Crippen molar-refractivity contribution in [1.29, 1.82) is 0 Å². The largest absolute Gasteiger partial charge is 0.361 e. The molecule has 2 aromatic carbocycles. The predicted octanol–water partition coefficient (Wildman–Crippen LogP) is 4.75. The Morgan fingerprint density at radius 1 is 1.00 bits per heavy atom. The number of fused-ring (bicyclic) bond motifs is 1. The van der Waals surface area contributed by atoms with Crippen LogP contribution in [0, 0.1) is 5.82 Å². The summed E-state index contributed by atoms with van der Waals surface area (Å²) in [5, 5.41) is 1.84. The molecule has 1 heterocycles. The zero-order valence-corrected chi connectivity index (χ0v) is 11.0. The summed E-state index contributed by atoms with van der Waals surface area (Å²) in [7, 11) is 0. The lowest BCUT2D eigenvalue weighted by Crippen LogP contribution is -1.93. The Hall–Kier alpha value is -1.80. The Morgan fingerprint density at radius 3 is 2.63 bits per heavy atom. The third-order valence-corrected chi connectivity index (χ3v) is 3.59. The van der Waals surface area contributed by atoms with Gasteiger partial charge >= 0.3 is 0 Å². The van der Waals surface area contributed by atoms with Crippen LogP contribution in [0.1, 0.15) is 11.1 Å². The molecule has 0 radical (unpaired) electrons. The Kier molecular flexibility index (Phi) is 3.26. The van der Waals surface area contributed by atoms with Crippen LogP contribution in [0.3, 0.4) is 0 Å². The highest BCUT2D eigenvalue weighted by atomic mass is 35.5. The minimum Gasteiger partial charge on any atom is -0.361 e. The van der Waals surface area contributed by atoms with Crippen molar-refractivity contribution in [3.8, 4) is 0 Å². The number of nitrogens with one attached hydrogen (secondary N) is 1. The first kappa shape index (κ1) is 12.2. The minimum absolute atomic E-state index is 0.139. The molecule has 0 spiro atoms. The van der Waals surface area contributed by atoms with Gasteiger partial charge in [-0.3, -0.25) is 0 Å². The third kappa shape index (κ3) is 2.49. The van der Waals surface area contributed by atoms with Gasteiger partial charge in [0.05, 0.1) is 0 Å². The molecule has 1 N–H and O–H groups in total. The molecular weight excluding hydrogens is 261 g/mol. The van der Waals surface area contributed by atoms with Gasteiger partial charge in [-0.2, -0.15) is 0 Å². The van der Waals surface area contributed by atoms with Gasteiger partial charge in [0.2, 0.25) is 0 Å². The second-order valence-corrected chi connectivity index (χ2v) is 5.03. The maximum absolute atomic E-state index is 13.6. The van der Waals surface area contributed by atoms with Crippen molar-refractivity contribution < 1.29 is 4.39 Å². The van der Waals surface area contributed by atoms with Crippen molar-refractivity contribution in [3.05, 3.63) is 70.6 Å². The molecule has 3 aromatic rings. The number of halogens is 2. The molecule has 96 valence electrons. The maximum Gasteiger partial charge on any atom is 0.126 e. The highest BCUT2D eigenvalue weighted by Crippen LogP contribution is 2.23. The lowest BCUT2D eigenvalue weighted by Gasteiger charge is -2.02. The number of H-pyrrole nitrogens is 1. The number of aromatic nitrogens is 1. The molecule has 0 aliphatic heterocycles. The van der Waals surface area contributed by atoms with E-state index in [4.69, 9.17) is 11.6 Å². The molecule has 0 aliphatic rings. The molecular formula is C16H13ClFN. The molecule has 3 rings (SSSR count). The lowest BCUT2D eigenvalue weighted by molar-refractivity contribution is 0.609. The number of hydrogen-bond donors (Lipinski definition) is 1. The first-order chi connectivity index (χ1) is 9.24. The van der Waals surface area contributed by atoms with E-state index in [-0.39, 0.29) is 5.82 Å². The maximum atomic E-state index is 13.6. The van der Waals surface area contributed by atoms with E-state index < -0.39 is 0 Å². The fourth-order valence-electron chi connectivity index (χ4n) is 2.33. The van der Waals surface area contributed by atoms with E-state index >= 15 is 0 Å². The van der Waals surface area contributed by atoms with E-state index in [1.54, 1.807) is 6.07 Å². The fourth-order valence-corrected chi connectivity index (χ4v) is 2.50. The summed E-state index contributed by atoms with van der Waals surface area (Å²) in [6.45, 7) is 0. The van der Waals surface area contributed by atoms with Crippen LogP contribution in [0.25, 0.3) is 10.9 Å². The number of aromatic amines is 1. The van der Waals surface area contributed by atoms with Gasteiger partial charge in [-0.05, 0) is 48.2 Å². The average molecular weight is 274 g/mol. The highest BCUT2D eigenvalue weighted by Gasteiger charge is 2.06. The molecule has 19 heavy (non-hydrogen) atoms. The molecule has 0 fully saturated rings. The van der Waals surface area contributed by atoms with Gasteiger partial charge in [0.25, 0.3) is 0 Å². The standard InChI is InChI=1S/C16H13ClFN/c17-13-7-8-16-14(9-13)12(10-19-16)6-5-11-3-1-2-4-15(11)18/h1-4,7-10,19H,5-6H2. The van der Waals surface area contributed by atoms with Crippen LogP contribution in [-0.4, -0.2) is 4.98 Å². The van der Waals surface area contributed by atoms with Crippen LogP contribution in [0.2, 0.25) is 5.02 Å². The molecule has 0 saturated carbocycles. The Bertz CT molecular complexity index is 718. The highest BCUT2D eigenvalue weighted by molar-refractivity contribution is 6.31. The van der Waals surface area contributed by atoms with Gasteiger partial charge in [0.1, 0.15) is 5.82 Å². The average Bonchev–Trinajstić information content (AvgIpc) is 2.80.